The van der Waals surface area contributed by atoms with Gasteiger partial charge in [-0.3, -0.25) is 4.79 Å². The van der Waals surface area contributed by atoms with Gasteiger partial charge < -0.3 is 20.1 Å². The van der Waals surface area contributed by atoms with Crippen molar-refractivity contribution in [3.05, 3.63) is 23.8 Å². The van der Waals surface area contributed by atoms with Crippen LogP contribution in [0.25, 0.3) is 0 Å². The molecule has 7 heteroatoms. The maximum Gasteiger partial charge on any atom is 0.387 e. The normalized spacial score (nSPS) is 21.5. The highest BCUT2D eigenvalue weighted by molar-refractivity contribution is 5.95. The third-order valence-electron chi connectivity index (χ3n) is 3.79. The van der Waals surface area contributed by atoms with Gasteiger partial charge in [0.05, 0.1) is 7.11 Å². The number of piperidine rings is 1. The lowest BCUT2D eigenvalue weighted by molar-refractivity contribution is -0.0512. The van der Waals surface area contributed by atoms with Gasteiger partial charge >= 0.3 is 6.61 Å². The van der Waals surface area contributed by atoms with Crippen LogP contribution < -0.4 is 20.1 Å². The van der Waals surface area contributed by atoms with E-state index in [2.05, 4.69) is 22.3 Å². The van der Waals surface area contributed by atoms with E-state index in [0.29, 0.717) is 11.5 Å². The SMILES string of the molecule is COc1cc(C(=O)NC2CNCCC2C)ccc1OC(F)F. The van der Waals surface area contributed by atoms with Gasteiger partial charge in [-0.2, -0.15) is 8.78 Å². The summed E-state index contributed by atoms with van der Waals surface area (Å²) in [6.07, 6.45) is 0.995. The van der Waals surface area contributed by atoms with Gasteiger partial charge in [0.1, 0.15) is 0 Å². The molecule has 122 valence electrons. The van der Waals surface area contributed by atoms with Crippen LogP contribution in [0.3, 0.4) is 0 Å². The van der Waals surface area contributed by atoms with E-state index in [-0.39, 0.29) is 23.4 Å². The number of carbonyl (C=O) groups excluding carboxylic acids is 1. The second kappa shape index (κ2) is 7.40. The van der Waals surface area contributed by atoms with Crippen molar-refractivity contribution < 1.29 is 23.0 Å². The number of methoxy groups -OCH3 is 1. The number of benzene rings is 1. The monoisotopic (exact) mass is 314 g/mol. The average Bonchev–Trinajstić information content (AvgIpc) is 2.49. The molecule has 22 heavy (non-hydrogen) atoms. The van der Waals surface area contributed by atoms with Crippen LogP contribution in [0.2, 0.25) is 0 Å². The highest BCUT2D eigenvalue weighted by Gasteiger charge is 2.23. The van der Waals surface area contributed by atoms with E-state index >= 15 is 0 Å². The van der Waals surface area contributed by atoms with Crippen LogP contribution in [0.15, 0.2) is 18.2 Å². The summed E-state index contributed by atoms with van der Waals surface area (Å²) in [5, 5.41) is 6.18. The topological polar surface area (TPSA) is 59.6 Å². The Morgan fingerprint density at radius 3 is 2.82 bits per heavy atom. The molecule has 1 amide bonds. The number of alkyl halides is 2. The Kier molecular flexibility index (Phi) is 5.54. The standard InChI is InChI=1S/C15H20F2N2O3/c1-9-5-6-18-8-11(9)19-14(20)10-3-4-12(22-15(16)17)13(7-10)21-2/h3-4,7,9,11,15,18H,5-6,8H2,1-2H3,(H,19,20). The summed E-state index contributed by atoms with van der Waals surface area (Å²) in [6, 6.07) is 4.19. The summed E-state index contributed by atoms with van der Waals surface area (Å²) in [7, 11) is 1.34. The summed E-state index contributed by atoms with van der Waals surface area (Å²) in [5.41, 5.74) is 0.344. The Bertz CT molecular complexity index is 526. The molecule has 2 atom stereocenters. The molecule has 0 aliphatic carbocycles. The molecule has 0 spiro atoms. The average molecular weight is 314 g/mol. The zero-order valence-corrected chi connectivity index (χ0v) is 12.6. The Labute approximate surface area is 128 Å². The maximum absolute atomic E-state index is 12.3. The van der Waals surface area contributed by atoms with Crippen molar-refractivity contribution in [1.29, 1.82) is 0 Å². The van der Waals surface area contributed by atoms with E-state index in [4.69, 9.17) is 4.74 Å². The van der Waals surface area contributed by atoms with Crippen LogP contribution >= 0.6 is 0 Å². The molecular weight excluding hydrogens is 294 g/mol. The van der Waals surface area contributed by atoms with Gasteiger partial charge in [-0.1, -0.05) is 6.92 Å². The first kappa shape index (κ1) is 16.5. The molecule has 0 aromatic heterocycles. The first-order chi connectivity index (χ1) is 10.5. The second-order valence-electron chi connectivity index (χ2n) is 5.29. The Morgan fingerprint density at radius 2 is 2.18 bits per heavy atom. The molecule has 1 saturated heterocycles. The molecule has 1 heterocycles. The Balaban J connectivity index is 2.09. The predicted octanol–water partition coefficient (Wildman–Crippen LogP) is 2.02. The van der Waals surface area contributed by atoms with E-state index in [1.54, 1.807) is 0 Å². The van der Waals surface area contributed by atoms with E-state index in [9.17, 15) is 13.6 Å². The lowest BCUT2D eigenvalue weighted by Crippen LogP contribution is -2.50. The van der Waals surface area contributed by atoms with Crippen molar-refractivity contribution >= 4 is 5.91 Å². The Hall–Kier alpha value is -1.89. The van der Waals surface area contributed by atoms with Crippen LogP contribution in [0, 0.1) is 5.92 Å². The number of halogens is 2. The number of carbonyl (C=O) groups is 1. The molecule has 2 rings (SSSR count). The van der Waals surface area contributed by atoms with E-state index in [1.807, 2.05) is 0 Å². The zero-order valence-electron chi connectivity index (χ0n) is 12.6. The lowest BCUT2D eigenvalue weighted by Gasteiger charge is -2.30. The van der Waals surface area contributed by atoms with E-state index in [1.165, 1.54) is 25.3 Å². The van der Waals surface area contributed by atoms with Crippen LogP contribution in [-0.4, -0.2) is 38.8 Å². The fourth-order valence-corrected chi connectivity index (χ4v) is 2.44. The lowest BCUT2D eigenvalue weighted by atomic mass is 9.94. The van der Waals surface area contributed by atoms with Crippen LogP contribution in [-0.2, 0) is 0 Å². The second-order valence-corrected chi connectivity index (χ2v) is 5.29. The molecule has 1 aromatic carbocycles. The minimum absolute atomic E-state index is 0.0456. The van der Waals surface area contributed by atoms with Crippen molar-refractivity contribution in [2.75, 3.05) is 20.2 Å². The summed E-state index contributed by atoms with van der Waals surface area (Å²) in [5.74, 6) is 0.125. The van der Waals surface area contributed by atoms with Gasteiger partial charge in [0.25, 0.3) is 5.91 Å². The third kappa shape index (κ3) is 4.07. The van der Waals surface area contributed by atoms with Crippen molar-refractivity contribution in [3.8, 4) is 11.5 Å². The number of nitrogens with one attached hydrogen (secondary N) is 2. The first-order valence-electron chi connectivity index (χ1n) is 7.15. The van der Waals surface area contributed by atoms with Crippen molar-refractivity contribution in [1.82, 2.24) is 10.6 Å². The molecular formula is C15H20F2N2O3. The molecule has 0 radical (unpaired) electrons. The number of ether oxygens (including phenoxy) is 2. The van der Waals surface area contributed by atoms with Gasteiger partial charge in [-0.05, 0) is 37.1 Å². The molecule has 1 aromatic rings. The first-order valence-corrected chi connectivity index (χ1v) is 7.15. The van der Waals surface area contributed by atoms with Crippen molar-refractivity contribution in [2.24, 2.45) is 5.92 Å². The van der Waals surface area contributed by atoms with Gasteiger partial charge in [0.2, 0.25) is 0 Å². The fraction of sp³-hybridized carbons (Fsp3) is 0.533. The van der Waals surface area contributed by atoms with Crippen LogP contribution in [0.1, 0.15) is 23.7 Å². The summed E-state index contributed by atoms with van der Waals surface area (Å²) >= 11 is 0. The smallest absolute Gasteiger partial charge is 0.387 e. The van der Waals surface area contributed by atoms with Crippen molar-refractivity contribution in [3.63, 3.8) is 0 Å². The number of hydrogen-bond acceptors (Lipinski definition) is 4. The minimum atomic E-state index is -2.94. The van der Waals surface area contributed by atoms with Crippen LogP contribution in [0.5, 0.6) is 11.5 Å². The minimum Gasteiger partial charge on any atom is -0.493 e. The van der Waals surface area contributed by atoms with E-state index < -0.39 is 6.61 Å². The highest BCUT2D eigenvalue weighted by atomic mass is 19.3. The number of amides is 1. The molecule has 2 N–H and O–H groups in total. The highest BCUT2D eigenvalue weighted by Crippen LogP contribution is 2.29. The van der Waals surface area contributed by atoms with Gasteiger partial charge in [-0.25, -0.2) is 0 Å². The third-order valence-corrected chi connectivity index (χ3v) is 3.79. The summed E-state index contributed by atoms with van der Waals surface area (Å²) in [4.78, 5) is 12.3. The zero-order chi connectivity index (χ0) is 16.1. The van der Waals surface area contributed by atoms with Gasteiger partial charge in [0, 0.05) is 18.2 Å². The largest absolute Gasteiger partial charge is 0.493 e. The molecule has 1 aliphatic rings. The molecule has 1 aliphatic heterocycles. The molecule has 0 bridgehead atoms. The Morgan fingerprint density at radius 1 is 1.41 bits per heavy atom. The van der Waals surface area contributed by atoms with Gasteiger partial charge in [-0.15, -0.1) is 0 Å². The van der Waals surface area contributed by atoms with Crippen LogP contribution in [0.4, 0.5) is 8.78 Å². The number of hydrogen-bond donors (Lipinski definition) is 2. The van der Waals surface area contributed by atoms with Crippen molar-refractivity contribution in [2.45, 2.75) is 26.0 Å². The summed E-state index contributed by atoms with van der Waals surface area (Å²) in [6.45, 7) is 0.812. The number of rotatable bonds is 5. The molecule has 5 nitrogen and oxygen atoms in total. The van der Waals surface area contributed by atoms with E-state index in [0.717, 1.165) is 19.5 Å². The maximum atomic E-state index is 12.3. The molecule has 2 unspecified atom stereocenters. The fourth-order valence-electron chi connectivity index (χ4n) is 2.44. The molecule has 0 saturated carbocycles. The molecule has 1 fully saturated rings. The quantitative estimate of drug-likeness (QED) is 0.873. The summed E-state index contributed by atoms with van der Waals surface area (Å²) < 4.78 is 33.9. The predicted molar refractivity (Wildman–Crippen MR) is 77.5 cm³/mol. The van der Waals surface area contributed by atoms with Gasteiger partial charge in [0.15, 0.2) is 11.5 Å².